The molecule has 2 aromatic carbocycles. The first-order valence-corrected chi connectivity index (χ1v) is 5.59. The van der Waals surface area contributed by atoms with Crippen molar-refractivity contribution in [1.82, 2.24) is 0 Å². The highest BCUT2D eigenvalue weighted by Crippen LogP contribution is 2.28. The van der Waals surface area contributed by atoms with Crippen LogP contribution in [0.5, 0.6) is 0 Å². The SMILES string of the molecule is Cc1c(F)cc(-c2cccc(F)c2)cc1Br. The molecule has 0 nitrogen and oxygen atoms in total. The maximum Gasteiger partial charge on any atom is 0.127 e. The highest BCUT2D eigenvalue weighted by Gasteiger charge is 2.07. The molecule has 82 valence electrons. The van der Waals surface area contributed by atoms with E-state index in [0.29, 0.717) is 21.2 Å². The van der Waals surface area contributed by atoms with Crippen molar-refractivity contribution < 1.29 is 8.78 Å². The molecule has 0 saturated carbocycles. The third-order valence-electron chi connectivity index (χ3n) is 2.44. The Morgan fingerprint density at radius 3 is 2.38 bits per heavy atom. The number of hydrogen-bond acceptors (Lipinski definition) is 0. The fraction of sp³-hybridized carbons (Fsp3) is 0.0769. The van der Waals surface area contributed by atoms with Crippen LogP contribution in [0.4, 0.5) is 8.78 Å². The van der Waals surface area contributed by atoms with Gasteiger partial charge in [-0.2, -0.15) is 0 Å². The maximum absolute atomic E-state index is 13.5. The van der Waals surface area contributed by atoms with Crippen LogP contribution in [-0.4, -0.2) is 0 Å². The molecule has 2 aromatic rings. The van der Waals surface area contributed by atoms with Crippen LogP contribution >= 0.6 is 15.9 Å². The summed E-state index contributed by atoms with van der Waals surface area (Å²) in [5, 5.41) is 0. The van der Waals surface area contributed by atoms with Crippen LogP contribution in [0.15, 0.2) is 40.9 Å². The maximum atomic E-state index is 13.5. The molecule has 3 heteroatoms. The van der Waals surface area contributed by atoms with Crippen molar-refractivity contribution in [3.05, 3.63) is 58.1 Å². The molecule has 0 aromatic heterocycles. The van der Waals surface area contributed by atoms with E-state index in [1.165, 1.54) is 18.2 Å². The molecule has 0 aliphatic carbocycles. The first-order valence-electron chi connectivity index (χ1n) is 4.79. The normalized spacial score (nSPS) is 10.5. The van der Waals surface area contributed by atoms with Crippen LogP contribution in [-0.2, 0) is 0 Å². The highest BCUT2D eigenvalue weighted by molar-refractivity contribution is 9.10. The minimum absolute atomic E-state index is 0.298. The lowest BCUT2D eigenvalue weighted by Gasteiger charge is -2.06. The van der Waals surface area contributed by atoms with Crippen molar-refractivity contribution >= 4 is 15.9 Å². The first-order chi connectivity index (χ1) is 7.58. The summed E-state index contributed by atoms with van der Waals surface area (Å²) < 4.78 is 27.2. The Kier molecular flexibility index (Phi) is 3.06. The number of halogens is 3. The summed E-state index contributed by atoms with van der Waals surface area (Å²) in [7, 11) is 0. The number of rotatable bonds is 1. The topological polar surface area (TPSA) is 0 Å². The van der Waals surface area contributed by atoms with Crippen LogP contribution in [0.3, 0.4) is 0 Å². The smallest absolute Gasteiger partial charge is 0.127 e. The second-order valence-corrected chi connectivity index (χ2v) is 4.43. The van der Waals surface area contributed by atoms with Gasteiger partial charge in [0.15, 0.2) is 0 Å². The monoisotopic (exact) mass is 282 g/mol. The zero-order chi connectivity index (χ0) is 11.7. The summed E-state index contributed by atoms with van der Waals surface area (Å²) in [6.07, 6.45) is 0. The van der Waals surface area contributed by atoms with Gasteiger partial charge in [-0.15, -0.1) is 0 Å². The molecule has 0 fully saturated rings. The van der Waals surface area contributed by atoms with Crippen molar-refractivity contribution in [3.8, 4) is 11.1 Å². The molecule has 0 unspecified atom stereocenters. The predicted molar refractivity (Wildman–Crippen MR) is 64.2 cm³/mol. The van der Waals surface area contributed by atoms with Gasteiger partial charge in [-0.05, 0) is 47.9 Å². The molecule has 0 heterocycles. The lowest BCUT2D eigenvalue weighted by atomic mass is 10.0. The summed E-state index contributed by atoms with van der Waals surface area (Å²) in [6.45, 7) is 1.69. The van der Waals surface area contributed by atoms with Crippen molar-refractivity contribution in [3.63, 3.8) is 0 Å². The molecule has 0 aliphatic rings. The molecule has 0 amide bonds. The zero-order valence-corrected chi connectivity index (χ0v) is 10.2. The molecule has 0 bridgehead atoms. The van der Waals surface area contributed by atoms with Crippen molar-refractivity contribution in [2.75, 3.05) is 0 Å². The molecule has 0 saturated heterocycles. The minimum atomic E-state index is -0.324. The van der Waals surface area contributed by atoms with Gasteiger partial charge in [0.1, 0.15) is 11.6 Å². The third kappa shape index (κ3) is 2.14. The van der Waals surface area contributed by atoms with Gasteiger partial charge in [0, 0.05) is 4.47 Å². The Morgan fingerprint density at radius 2 is 1.75 bits per heavy atom. The highest BCUT2D eigenvalue weighted by atomic mass is 79.9. The van der Waals surface area contributed by atoms with Crippen LogP contribution < -0.4 is 0 Å². The van der Waals surface area contributed by atoms with E-state index >= 15 is 0 Å². The fourth-order valence-corrected chi connectivity index (χ4v) is 1.92. The first kappa shape index (κ1) is 11.3. The summed E-state index contributed by atoms with van der Waals surface area (Å²) >= 11 is 3.28. The number of benzene rings is 2. The van der Waals surface area contributed by atoms with Crippen molar-refractivity contribution in [1.29, 1.82) is 0 Å². The Morgan fingerprint density at radius 1 is 1.00 bits per heavy atom. The molecule has 0 radical (unpaired) electrons. The van der Waals surface area contributed by atoms with Crippen LogP contribution in [0.2, 0.25) is 0 Å². The van der Waals surface area contributed by atoms with Gasteiger partial charge in [0.05, 0.1) is 0 Å². The quantitative estimate of drug-likeness (QED) is 0.711. The lowest BCUT2D eigenvalue weighted by Crippen LogP contribution is -1.87. The second-order valence-electron chi connectivity index (χ2n) is 3.58. The molecule has 0 aliphatic heterocycles. The van der Waals surface area contributed by atoms with Crippen LogP contribution in [0.1, 0.15) is 5.56 Å². The third-order valence-corrected chi connectivity index (χ3v) is 3.26. The summed E-state index contributed by atoms with van der Waals surface area (Å²) in [5.74, 6) is -0.622. The molecular weight excluding hydrogens is 274 g/mol. The standard InChI is InChI=1S/C13H9BrF2/c1-8-12(14)6-10(7-13(8)16)9-3-2-4-11(15)5-9/h2-7H,1H3. The Labute approximate surface area is 101 Å². The van der Waals surface area contributed by atoms with Crippen LogP contribution in [0, 0.1) is 18.6 Å². The van der Waals surface area contributed by atoms with E-state index in [1.54, 1.807) is 25.1 Å². The van der Waals surface area contributed by atoms with E-state index in [0.717, 1.165) is 0 Å². The van der Waals surface area contributed by atoms with E-state index in [1.807, 2.05) is 0 Å². The van der Waals surface area contributed by atoms with Crippen molar-refractivity contribution in [2.24, 2.45) is 0 Å². The summed E-state index contributed by atoms with van der Waals surface area (Å²) in [6, 6.07) is 9.30. The molecule has 0 N–H and O–H groups in total. The molecular formula is C13H9BrF2. The molecule has 0 atom stereocenters. The predicted octanol–water partition coefficient (Wildman–Crippen LogP) is 4.70. The Balaban J connectivity index is 2.57. The van der Waals surface area contributed by atoms with Gasteiger partial charge >= 0.3 is 0 Å². The average Bonchev–Trinajstić information content (AvgIpc) is 2.25. The van der Waals surface area contributed by atoms with Gasteiger partial charge in [-0.25, -0.2) is 8.78 Å². The van der Waals surface area contributed by atoms with E-state index in [2.05, 4.69) is 15.9 Å². The van der Waals surface area contributed by atoms with E-state index < -0.39 is 0 Å². The Bertz CT molecular complexity index is 512. The average molecular weight is 283 g/mol. The molecule has 0 spiro atoms. The van der Waals surface area contributed by atoms with Crippen LogP contribution in [0.25, 0.3) is 11.1 Å². The van der Waals surface area contributed by atoms with E-state index in [-0.39, 0.29) is 11.6 Å². The lowest BCUT2D eigenvalue weighted by molar-refractivity contribution is 0.617. The van der Waals surface area contributed by atoms with Gasteiger partial charge in [0.25, 0.3) is 0 Å². The fourth-order valence-electron chi connectivity index (χ4n) is 1.48. The van der Waals surface area contributed by atoms with Crippen molar-refractivity contribution in [2.45, 2.75) is 6.92 Å². The van der Waals surface area contributed by atoms with Gasteiger partial charge in [-0.1, -0.05) is 28.1 Å². The second kappa shape index (κ2) is 4.34. The van der Waals surface area contributed by atoms with Gasteiger partial charge in [0.2, 0.25) is 0 Å². The Hall–Kier alpha value is -1.22. The van der Waals surface area contributed by atoms with Gasteiger partial charge < -0.3 is 0 Å². The van der Waals surface area contributed by atoms with E-state index in [4.69, 9.17) is 0 Å². The largest absolute Gasteiger partial charge is 0.207 e. The van der Waals surface area contributed by atoms with E-state index in [9.17, 15) is 8.78 Å². The van der Waals surface area contributed by atoms with Gasteiger partial charge in [-0.3, -0.25) is 0 Å². The number of hydrogen-bond donors (Lipinski definition) is 0. The summed E-state index contributed by atoms with van der Waals surface area (Å²) in [4.78, 5) is 0. The minimum Gasteiger partial charge on any atom is -0.207 e. The molecule has 16 heavy (non-hydrogen) atoms. The summed E-state index contributed by atoms with van der Waals surface area (Å²) in [5.41, 5.74) is 1.88. The zero-order valence-electron chi connectivity index (χ0n) is 8.60. The molecule has 2 rings (SSSR count).